The van der Waals surface area contributed by atoms with Crippen molar-refractivity contribution in [3.05, 3.63) is 65.7 Å². The predicted octanol–water partition coefficient (Wildman–Crippen LogP) is 3.42. The number of hydrogen-bond acceptors (Lipinski definition) is 2. The molecule has 1 unspecified atom stereocenters. The van der Waals surface area contributed by atoms with E-state index in [0.29, 0.717) is 6.54 Å². The Kier molecular flexibility index (Phi) is 3.97. The van der Waals surface area contributed by atoms with Gasteiger partial charge in [-0.3, -0.25) is 0 Å². The van der Waals surface area contributed by atoms with Crippen LogP contribution in [0.25, 0.3) is 11.0 Å². The molecule has 3 rings (SSSR count). The van der Waals surface area contributed by atoms with E-state index in [2.05, 4.69) is 22.2 Å². The van der Waals surface area contributed by atoms with Gasteiger partial charge in [0, 0.05) is 6.04 Å². The summed E-state index contributed by atoms with van der Waals surface area (Å²) in [6, 6.07) is 15.0. The molecule has 1 aromatic heterocycles. The number of nitrogens with one attached hydrogen (secondary N) is 2. The summed E-state index contributed by atoms with van der Waals surface area (Å²) >= 11 is 0. The number of aromatic nitrogens is 2. The number of hydrogen-bond donors (Lipinski definition) is 2. The van der Waals surface area contributed by atoms with Crippen molar-refractivity contribution in [2.75, 3.05) is 0 Å². The smallest absolute Gasteiger partial charge is 0.123 e. The molecule has 0 spiro atoms. The van der Waals surface area contributed by atoms with Gasteiger partial charge in [0.05, 0.1) is 17.6 Å². The maximum atomic E-state index is 13.2. The van der Waals surface area contributed by atoms with E-state index in [1.54, 1.807) is 12.1 Å². The fraction of sp³-hybridized carbons (Fsp3) is 0.235. The molecule has 1 heterocycles. The van der Waals surface area contributed by atoms with Crippen LogP contribution in [0.4, 0.5) is 4.39 Å². The van der Waals surface area contributed by atoms with Crippen molar-refractivity contribution in [2.24, 2.45) is 0 Å². The minimum atomic E-state index is -0.183. The molecule has 2 N–H and O–H groups in total. The summed E-state index contributed by atoms with van der Waals surface area (Å²) in [5.74, 6) is 0.735. The first-order chi connectivity index (χ1) is 10.2. The van der Waals surface area contributed by atoms with E-state index in [1.165, 1.54) is 6.07 Å². The minimum Gasteiger partial charge on any atom is -0.341 e. The molecule has 0 amide bonds. The molecule has 4 heteroatoms. The lowest BCUT2D eigenvalue weighted by Gasteiger charge is -2.12. The van der Waals surface area contributed by atoms with Crippen molar-refractivity contribution in [3.8, 4) is 0 Å². The summed E-state index contributed by atoms with van der Waals surface area (Å²) in [5.41, 5.74) is 3.03. The van der Waals surface area contributed by atoms with Crippen LogP contribution >= 0.6 is 0 Å². The second-order valence-corrected chi connectivity index (χ2v) is 5.32. The van der Waals surface area contributed by atoms with E-state index in [1.807, 2.05) is 30.3 Å². The number of aromatic amines is 1. The van der Waals surface area contributed by atoms with Gasteiger partial charge in [-0.25, -0.2) is 9.37 Å². The van der Waals surface area contributed by atoms with Gasteiger partial charge in [0.15, 0.2) is 0 Å². The van der Waals surface area contributed by atoms with Crippen molar-refractivity contribution in [2.45, 2.75) is 25.9 Å². The summed E-state index contributed by atoms with van der Waals surface area (Å²) in [7, 11) is 0. The number of benzene rings is 2. The summed E-state index contributed by atoms with van der Waals surface area (Å²) < 4.78 is 13.2. The number of fused-ring (bicyclic) bond motifs is 1. The Morgan fingerprint density at radius 1 is 1.19 bits per heavy atom. The predicted molar refractivity (Wildman–Crippen MR) is 82.5 cm³/mol. The lowest BCUT2D eigenvalue weighted by molar-refractivity contribution is 0.533. The van der Waals surface area contributed by atoms with Gasteiger partial charge in [-0.15, -0.1) is 0 Å². The van der Waals surface area contributed by atoms with Gasteiger partial charge < -0.3 is 10.3 Å². The van der Waals surface area contributed by atoms with Gasteiger partial charge >= 0.3 is 0 Å². The Bertz CT molecular complexity index is 702. The highest BCUT2D eigenvalue weighted by Crippen LogP contribution is 2.11. The average molecular weight is 283 g/mol. The molecule has 0 fully saturated rings. The maximum Gasteiger partial charge on any atom is 0.123 e. The van der Waals surface area contributed by atoms with Crippen LogP contribution in [0.5, 0.6) is 0 Å². The van der Waals surface area contributed by atoms with Crippen LogP contribution in [0.3, 0.4) is 0 Å². The minimum absolute atomic E-state index is 0.183. The van der Waals surface area contributed by atoms with Gasteiger partial charge in [-0.2, -0.15) is 0 Å². The molecular formula is C17H18FN3. The molecule has 21 heavy (non-hydrogen) atoms. The van der Waals surface area contributed by atoms with Crippen LogP contribution < -0.4 is 5.32 Å². The number of rotatable bonds is 5. The van der Waals surface area contributed by atoms with Gasteiger partial charge in [0.25, 0.3) is 0 Å². The first kappa shape index (κ1) is 13.8. The van der Waals surface area contributed by atoms with Crippen LogP contribution in [0.2, 0.25) is 0 Å². The van der Waals surface area contributed by atoms with Gasteiger partial charge in [-0.1, -0.05) is 24.3 Å². The third-order valence-corrected chi connectivity index (χ3v) is 3.49. The molecule has 0 saturated heterocycles. The van der Waals surface area contributed by atoms with Gasteiger partial charge in [0.2, 0.25) is 0 Å². The molecule has 0 aliphatic carbocycles. The second kappa shape index (κ2) is 6.06. The van der Waals surface area contributed by atoms with Gasteiger partial charge in [-0.05, 0) is 43.2 Å². The molecule has 0 radical (unpaired) electrons. The second-order valence-electron chi connectivity index (χ2n) is 5.32. The van der Waals surface area contributed by atoms with Crippen molar-refractivity contribution >= 4 is 11.0 Å². The zero-order valence-corrected chi connectivity index (χ0v) is 11.9. The number of H-pyrrole nitrogens is 1. The molecule has 0 bridgehead atoms. The number of para-hydroxylation sites is 2. The quantitative estimate of drug-likeness (QED) is 0.753. The molecule has 0 saturated carbocycles. The topological polar surface area (TPSA) is 40.7 Å². The normalized spacial score (nSPS) is 12.7. The highest BCUT2D eigenvalue weighted by atomic mass is 19.1. The lowest BCUT2D eigenvalue weighted by Crippen LogP contribution is -2.28. The molecule has 0 aliphatic heterocycles. The first-order valence-corrected chi connectivity index (χ1v) is 7.12. The number of nitrogens with zero attached hydrogens (tertiary/aromatic N) is 1. The van der Waals surface area contributed by atoms with E-state index < -0.39 is 0 Å². The van der Waals surface area contributed by atoms with Crippen LogP contribution in [0.1, 0.15) is 18.3 Å². The molecule has 3 nitrogen and oxygen atoms in total. The molecule has 2 aromatic carbocycles. The van der Waals surface area contributed by atoms with Crippen molar-refractivity contribution in [1.82, 2.24) is 15.3 Å². The average Bonchev–Trinajstić information content (AvgIpc) is 2.88. The third-order valence-electron chi connectivity index (χ3n) is 3.49. The van der Waals surface area contributed by atoms with Gasteiger partial charge in [0.1, 0.15) is 11.6 Å². The Labute approximate surface area is 123 Å². The lowest BCUT2D eigenvalue weighted by atomic mass is 10.1. The molecule has 108 valence electrons. The zero-order chi connectivity index (χ0) is 14.7. The molecule has 0 aliphatic rings. The van der Waals surface area contributed by atoms with E-state index in [9.17, 15) is 4.39 Å². The van der Waals surface area contributed by atoms with Crippen LogP contribution in [-0.4, -0.2) is 16.0 Å². The Morgan fingerprint density at radius 2 is 2.05 bits per heavy atom. The maximum absolute atomic E-state index is 13.2. The zero-order valence-electron chi connectivity index (χ0n) is 11.9. The number of imidazole rings is 1. The third kappa shape index (κ3) is 3.47. The van der Waals surface area contributed by atoms with Crippen molar-refractivity contribution in [1.29, 1.82) is 0 Å². The summed E-state index contributed by atoms with van der Waals surface area (Å²) in [6.07, 6.45) is 0.790. The molecule has 3 aromatic rings. The number of halogens is 1. The summed E-state index contributed by atoms with van der Waals surface area (Å²) in [5, 5.41) is 3.41. The van der Waals surface area contributed by atoms with Crippen molar-refractivity contribution < 1.29 is 4.39 Å². The van der Waals surface area contributed by atoms with Crippen molar-refractivity contribution in [3.63, 3.8) is 0 Å². The van der Waals surface area contributed by atoms with Crippen LogP contribution in [0.15, 0.2) is 48.5 Å². The van der Waals surface area contributed by atoms with E-state index in [-0.39, 0.29) is 11.9 Å². The van der Waals surface area contributed by atoms with Crippen LogP contribution in [-0.2, 0) is 13.0 Å². The fourth-order valence-corrected chi connectivity index (χ4v) is 2.45. The Balaban J connectivity index is 1.59. The Morgan fingerprint density at radius 3 is 2.86 bits per heavy atom. The molecule has 1 atom stereocenters. The monoisotopic (exact) mass is 283 g/mol. The highest BCUT2D eigenvalue weighted by Gasteiger charge is 2.06. The van der Waals surface area contributed by atoms with E-state index in [4.69, 9.17) is 0 Å². The first-order valence-electron chi connectivity index (χ1n) is 7.12. The largest absolute Gasteiger partial charge is 0.341 e. The summed E-state index contributed by atoms with van der Waals surface area (Å²) in [4.78, 5) is 7.82. The SMILES string of the molecule is CC(Cc1cccc(F)c1)NCc1nc2ccccc2[nH]1. The highest BCUT2D eigenvalue weighted by molar-refractivity contribution is 5.74. The summed E-state index contributed by atoms with van der Waals surface area (Å²) in [6.45, 7) is 2.76. The van der Waals surface area contributed by atoms with Crippen LogP contribution in [0, 0.1) is 5.82 Å². The van der Waals surface area contributed by atoms with E-state index >= 15 is 0 Å². The fourth-order valence-electron chi connectivity index (χ4n) is 2.45. The molecular weight excluding hydrogens is 265 g/mol. The standard InChI is InChI=1S/C17H18FN3/c1-12(9-13-5-4-6-14(18)10-13)19-11-17-20-15-7-2-3-8-16(15)21-17/h2-8,10,12,19H,9,11H2,1H3,(H,20,21). The van der Waals surface area contributed by atoms with E-state index in [0.717, 1.165) is 28.8 Å². The Hall–Kier alpha value is -2.20.